The molecule has 5 rings (SSSR count). The smallest absolute Gasteiger partial charge is 0.287 e. The van der Waals surface area contributed by atoms with E-state index in [0.717, 1.165) is 5.69 Å². The van der Waals surface area contributed by atoms with Gasteiger partial charge in [-0.2, -0.15) is 0 Å². The maximum atomic E-state index is 4.79. The van der Waals surface area contributed by atoms with Crippen LogP contribution in [0, 0.1) is 62.9 Å². The first kappa shape index (κ1) is 26.8. The van der Waals surface area contributed by atoms with E-state index in [1.807, 2.05) is 56.5 Å². The Balaban J connectivity index is 0.000000481. The fourth-order valence-corrected chi connectivity index (χ4v) is 6.15. The van der Waals surface area contributed by atoms with Crippen LogP contribution >= 0.6 is 7.92 Å². The zero-order chi connectivity index (χ0) is 22.7. The molecule has 168 valence electrons. The van der Waals surface area contributed by atoms with E-state index >= 15 is 0 Å². The second-order valence-corrected chi connectivity index (χ2v) is 9.73. The van der Waals surface area contributed by atoms with Gasteiger partial charge in [-0.1, -0.05) is 66.7 Å². The molecule has 10 radical (unpaired) electrons. The van der Waals surface area contributed by atoms with E-state index in [1.54, 1.807) is 6.20 Å². The second kappa shape index (κ2) is 14.6. The van der Waals surface area contributed by atoms with Gasteiger partial charge < -0.3 is 0 Å². The van der Waals surface area contributed by atoms with Crippen molar-refractivity contribution in [2.45, 2.75) is 13.0 Å². The average Bonchev–Trinajstić information content (AvgIpc) is 3.61. The number of benzene rings is 2. The SMILES string of the molecule is C[C@H](N=Cc1ccccn1)[C]1[CH][CH][CH][C]1P(c1ccccc1)c1ccccc1.[CH]1[CH][CH][CH][CH]1.[Fe+2]. The van der Waals surface area contributed by atoms with E-state index in [9.17, 15) is 0 Å². The molecule has 0 aliphatic heterocycles. The van der Waals surface area contributed by atoms with Crippen molar-refractivity contribution < 1.29 is 17.1 Å². The molecule has 3 aromatic rings. The molecule has 0 spiro atoms. The maximum absolute atomic E-state index is 4.79. The van der Waals surface area contributed by atoms with Gasteiger partial charge in [0.25, 0.3) is 0 Å². The predicted molar refractivity (Wildman–Crippen MR) is 141 cm³/mol. The molecule has 34 heavy (non-hydrogen) atoms. The molecule has 2 nitrogen and oxygen atoms in total. The molecule has 2 aromatic carbocycles. The minimum atomic E-state index is -0.617. The van der Waals surface area contributed by atoms with Gasteiger partial charge in [-0.05, 0) is 89.0 Å². The number of aromatic nitrogens is 1. The Hall–Kier alpha value is -1.79. The summed E-state index contributed by atoms with van der Waals surface area (Å²) in [5.74, 6) is 1.28. The van der Waals surface area contributed by atoms with Gasteiger partial charge in [0.05, 0.1) is 11.7 Å². The summed E-state index contributed by atoms with van der Waals surface area (Å²) in [6.07, 6.45) is 20.3. The number of hydrogen-bond donors (Lipinski definition) is 0. The van der Waals surface area contributed by atoms with Crippen LogP contribution in [0.3, 0.4) is 0 Å². The molecular weight excluding hydrogens is 475 g/mol. The second-order valence-electron chi connectivity index (χ2n) is 7.54. The summed E-state index contributed by atoms with van der Waals surface area (Å²) in [5, 5.41) is 2.72. The summed E-state index contributed by atoms with van der Waals surface area (Å²) in [6, 6.07) is 27.5. The topological polar surface area (TPSA) is 25.2 Å². The van der Waals surface area contributed by atoms with Crippen molar-refractivity contribution in [1.29, 1.82) is 0 Å². The fraction of sp³-hybridized carbons (Fsp3) is 0.0667. The van der Waals surface area contributed by atoms with Gasteiger partial charge in [0.1, 0.15) is 0 Å². The molecule has 1 atom stereocenters. The molecule has 2 fully saturated rings. The zero-order valence-electron chi connectivity index (χ0n) is 19.1. The van der Waals surface area contributed by atoms with Crippen molar-refractivity contribution in [3.8, 4) is 0 Å². The van der Waals surface area contributed by atoms with Crippen molar-refractivity contribution in [2.24, 2.45) is 4.99 Å². The van der Waals surface area contributed by atoms with Crippen LogP contribution in [0.4, 0.5) is 0 Å². The molecule has 2 saturated carbocycles. The molecule has 1 aromatic heterocycles. The van der Waals surface area contributed by atoms with Crippen LogP contribution in [0.25, 0.3) is 0 Å². The third kappa shape index (κ3) is 7.61. The van der Waals surface area contributed by atoms with Gasteiger partial charge >= 0.3 is 17.1 Å². The summed E-state index contributed by atoms with van der Waals surface area (Å²) in [6.45, 7) is 2.15. The summed E-state index contributed by atoms with van der Waals surface area (Å²) >= 11 is 0. The Labute approximate surface area is 217 Å². The van der Waals surface area contributed by atoms with E-state index in [4.69, 9.17) is 4.99 Å². The van der Waals surface area contributed by atoms with Crippen molar-refractivity contribution in [1.82, 2.24) is 4.98 Å². The fourth-order valence-electron chi connectivity index (χ4n) is 3.60. The van der Waals surface area contributed by atoms with Crippen molar-refractivity contribution in [3.05, 3.63) is 154 Å². The van der Waals surface area contributed by atoms with Gasteiger partial charge in [0, 0.05) is 24.0 Å². The molecule has 0 bridgehead atoms. The van der Waals surface area contributed by atoms with Crippen LogP contribution < -0.4 is 10.6 Å². The number of hydrogen-bond acceptors (Lipinski definition) is 2. The molecule has 0 unspecified atom stereocenters. The van der Waals surface area contributed by atoms with Crippen molar-refractivity contribution in [3.63, 3.8) is 0 Å². The number of rotatable bonds is 6. The van der Waals surface area contributed by atoms with Gasteiger partial charge in [0.2, 0.25) is 0 Å². The molecule has 0 saturated heterocycles. The van der Waals surface area contributed by atoms with Crippen LogP contribution in [0.15, 0.2) is 90.1 Å². The Morgan fingerprint density at radius 1 is 0.706 bits per heavy atom. The first-order valence-corrected chi connectivity index (χ1v) is 12.4. The Bertz CT molecular complexity index is 914. The quantitative estimate of drug-likeness (QED) is 0.239. The largest absolute Gasteiger partial charge is 2.00 e. The maximum Gasteiger partial charge on any atom is 2.00 e. The Morgan fingerprint density at radius 3 is 1.79 bits per heavy atom. The molecule has 0 amide bonds. The van der Waals surface area contributed by atoms with Gasteiger partial charge in [-0.3, -0.25) is 9.98 Å². The third-order valence-corrected chi connectivity index (χ3v) is 7.74. The van der Waals surface area contributed by atoms with E-state index in [-0.39, 0.29) is 23.1 Å². The predicted octanol–water partition coefficient (Wildman–Crippen LogP) is 5.77. The zero-order valence-corrected chi connectivity index (χ0v) is 21.1. The average molecular weight is 502 g/mol. The Kier molecular flexibility index (Phi) is 11.5. The number of nitrogens with zero attached hydrogens (tertiary/aromatic N) is 2. The summed E-state index contributed by atoms with van der Waals surface area (Å²) in [7, 11) is -0.617. The first-order chi connectivity index (χ1) is 16.3. The van der Waals surface area contributed by atoms with E-state index in [2.05, 4.69) is 91.8 Å². The summed E-state index contributed by atoms with van der Waals surface area (Å²) in [4.78, 5) is 9.13. The van der Waals surface area contributed by atoms with Gasteiger partial charge in [-0.25, -0.2) is 0 Å². The third-order valence-electron chi connectivity index (χ3n) is 5.22. The first-order valence-electron chi connectivity index (χ1n) is 11.1. The number of pyridine rings is 1. The normalized spacial score (nSPS) is 17.4. The molecule has 4 heteroatoms. The molecule has 2 aliphatic rings. The minimum absolute atomic E-state index is 0. The van der Waals surface area contributed by atoms with E-state index in [0.29, 0.717) is 0 Å². The van der Waals surface area contributed by atoms with Crippen LogP contribution in [0.1, 0.15) is 12.6 Å². The van der Waals surface area contributed by atoms with Crippen molar-refractivity contribution >= 4 is 24.7 Å². The van der Waals surface area contributed by atoms with E-state index in [1.165, 1.54) is 22.2 Å². The molecule has 0 N–H and O–H groups in total. The van der Waals surface area contributed by atoms with Crippen LogP contribution in [-0.2, 0) is 17.1 Å². The number of aliphatic imine (C=N–C) groups is 1. The summed E-state index contributed by atoms with van der Waals surface area (Å²) < 4.78 is 0. The molecule has 2 aliphatic carbocycles. The van der Waals surface area contributed by atoms with E-state index < -0.39 is 7.92 Å². The minimum Gasteiger partial charge on any atom is -0.287 e. The van der Waals surface area contributed by atoms with Crippen LogP contribution in [-0.4, -0.2) is 17.2 Å². The van der Waals surface area contributed by atoms with Crippen LogP contribution in [0.5, 0.6) is 0 Å². The standard InChI is InChI=1S/C25H22N2P.C5H5.Fe/c1-20(27-19-21-11-8-9-18-26-21)24-16-10-17-25(24)28(22-12-4-2-5-13-22)23-14-6-3-7-15-23;1-2-4-5-3-1;/h2-20H,1H3;1-5H;/q;;+2/t20-;;/m0../s1. The van der Waals surface area contributed by atoms with Gasteiger partial charge in [0.15, 0.2) is 0 Å². The Morgan fingerprint density at radius 2 is 1.26 bits per heavy atom. The summed E-state index contributed by atoms with van der Waals surface area (Å²) in [5.41, 5.74) is 2.26. The monoisotopic (exact) mass is 502 g/mol. The van der Waals surface area contributed by atoms with Crippen LogP contribution in [0.2, 0.25) is 0 Å². The molecular formula is C30H27FeN2P+2. The van der Waals surface area contributed by atoms with Crippen molar-refractivity contribution in [2.75, 3.05) is 0 Å². The van der Waals surface area contributed by atoms with Gasteiger partial charge in [-0.15, -0.1) is 0 Å². The molecule has 1 heterocycles.